The summed E-state index contributed by atoms with van der Waals surface area (Å²) in [6.07, 6.45) is 6.80. The van der Waals surface area contributed by atoms with Crippen LogP contribution in [0.3, 0.4) is 0 Å². The molecule has 0 saturated heterocycles. The summed E-state index contributed by atoms with van der Waals surface area (Å²) in [6, 6.07) is 0. The zero-order valence-electron chi connectivity index (χ0n) is 11.9. The van der Waals surface area contributed by atoms with E-state index in [1.807, 2.05) is 13.8 Å². The maximum absolute atomic E-state index is 12.0. The standard InChI is InChI=1S/C16H18O4/c1-10(2)5-4-6-11(3)9-14(19)15-12(17)7-8-13(18)16(15)20/h5,7-9,20H,4,6H2,1-3H3/b11-9+. The highest BCUT2D eigenvalue weighted by molar-refractivity contribution is 6.33. The fourth-order valence-corrected chi connectivity index (χ4v) is 1.75. The Hall–Kier alpha value is -2.23. The summed E-state index contributed by atoms with van der Waals surface area (Å²) in [4.78, 5) is 34.8. The van der Waals surface area contributed by atoms with Gasteiger partial charge in [-0.2, -0.15) is 0 Å². The minimum Gasteiger partial charge on any atom is -0.504 e. The number of carbonyl (C=O) groups excluding carboxylic acids is 3. The van der Waals surface area contributed by atoms with Crippen LogP contribution in [0.15, 0.2) is 46.8 Å². The van der Waals surface area contributed by atoms with E-state index in [1.54, 1.807) is 6.92 Å². The van der Waals surface area contributed by atoms with E-state index in [9.17, 15) is 19.5 Å². The maximum atomic E-state index is 12.0. The highest BCUT2D eigenvalue weighted by Gasteiger charge is 2.26. The molecule has 4 nitrogen and oxygen atoms in total. The molecular weight excluding hydrogens is 256 g/mol. The van der Waals surface area contributed by atoms with Gasteiger partial charge in [-0.05, 0) is 51.8 Å². The Balaban J connectivity index is 2.85. The molecule has 0 fully saturated rings. The number of ketones is 3. The van der Waals surface area contributed by atoms with E-state index < -0.39 is 28.7 Å². The number of carbonyl (C=O) groups is 3. The van der Waals surface area contributed by atoms with E-state index in [0.29, 0.717) is 6.42 Å². The summed E-state index contributed by atoms with van der Waals surface area (Å²) in [5.74, 6) is -2.75. The quantitative estimate of drug-likeness (QED) is 0.362. The Kier molecular flexibility index (Phi) is 5.38. The molecule has 106 valence electrons. The second kappa shape index (κ2) is 6.80. The highest BCUT2D eigenvalue weighted by atomic mass is 16.3. The van der Waals surface area contributed by atoms with Crippen LogP contribution < -0.4 is 0 Å². The van der Waals surface area contributed by atoms with Crippen molar-refractivity contribution in [2.45, 2.75) is 33.6 Å². The first kappa shape index (κ1) is 15.8. The summed E-state index contributed by atoms with van der Waals surface area (Å²) in [5.41, 5.74) is 1.55. The van der Waals surface area contributed by atoms with Gasteiger partial charge in [0.25, 0.3) is 0 Å². The molecule has 0 aromatic rings. The van der Waals surface area contributed by atoms with Gasteiger partial charge in [0.05, 0.1) is 0 Å². The molecule has 0 atom stereocenters. The van der Waals surface area contributed by atoms with Gasteiger partial charge in [0, 0.05) is 0 Å². The smallest absolute Gasteiger partial charge is 0.221 e. The molecule has 0 amide bonds. The fourth-order valence-electron chi connectivity index (χ4n) is 1.75. The maximum Gasteiger partial charge on any atom is 0.221 e. The molecule has 0 radical (unpaired) electrons. The van der Waals surface area contributed by atoms with Crippen molar-refractivity contribution in [2.75, 3.05) is 0 Å². The summed E-state index contributed by atoms with van der Waals surface area (Å²) < 4.78 is 0. The highest BCUT2D eigenvalue weighted by Crippen LogP contribution is 2.15. The van der Waals surface area contributed by atoms with E-state index in [0.717, 1.165) is 24.1 Å². The lowest BCUT2D eigenvalue weighted by atomic mass is 9.96. The van der Waals surface area contributed by atoms with Crippen molar-refractivity contribution in [1.29, 1.82) is 0 Å². The van der Waals surface area contributed by atoms with Gasteiger partial charge in [0.1, 0.15) is 5.57 Å². The molecule has 0 saturated carbocycles. The van der Waals surface area contributed by atoms with Gasteiger partial charge in [0.2, 0.25) is 5.78 Å². The number of allylic oxidation sites excluding steroid dienone is 7. The average Bonchev–Trinajstić information content (AvgIpc) is 2.33. The first-order chi connectivity index (χ1) is 9.32. The van der Waals surface area contributed by atoms with Crippen LogP contribution >= 0.6 is 0 Å². The first-order valence-corrected chi connectivity index (χ1v) is 6.37. The van der Waals surface area contributed by atoms with E-state index in [2.05, 4.69) is 6.08 Å². The Morgan fingerprint density at radius 2 is 1.75 bits per heavy atom. The molecule has 0 unspecified atom stereocenters. The summed E-state index contributed by atoms with van der Waals surface area (Å²) >= 11 is 0. The molecule has 0 aromatic heterocycles. The lowest BCUT2D eigenvalue weighted by molar-refractivity contribution is -0.120. The second-order valence-electron chi connectivity index (χ2n) is 4.96. The molecule has 0 aromatic carbocycles. The number of hydrogen-bond donors (Lipinski definition) is 1. The zero-order valence-corrected chi connectivity index (χ0v) is 11.9. The predicted octanol–water partition coefficient (Wildman–Crippen LogP) is 2.77. The number of aliphatic hydroxyl groups is 1. The van der Waals surface area contributed by atoms with E-state index in [1.165, 1.54) is 11.6 Å². The van der Waals surface area contributed by atoms with Crippen molar-refractivity contribution in [1.82, 2.24) is 0 Å². The molecule has 1 aliphatic rings. The molecule has 0 aliphatic heterocycles. The van der Waals surface area contributed by atoms with E-state index in [-0.39, 0.29) is 0 Å². The minimum absolute atomic E-state index is 0.445. The van der Waals surface area contributed by atoms with Crippen LogP contribution in [0.25, 0.3) is 0 Å². The number of aliphatic hydroxyl groups excluding tert-OH is 1. The first-order valence-electron chi connectivity index (χ1n) is 6.37. The summed E-state index contributed by atoms with van der Waals surface area (Å²) in [6.45, 7) is 5.76. The molecule has 0 spiro atoms. The van der Waals surface area contributed by atoms with Gasteiger partial charge in [0.15, 0.2) is 17.3 Å². The molecule has 4 heteroatoms. The predicted molar refractivity (Wildman–Crippen MR) is 76.2 cm³/mol. The van der Waals surface area contributed by atoms with Gasteiger partial charge >= 0.3 is 0 Å². The Bertz CT molecular complexity index is 567. The third kappa shape index (κ3) is 4.16. The minimum atomic E-state index is -0.768. The van der Waals surface area contributed by atoms with Crippen LogP contribution in [0.1, 0.15) is 33.6 Å². The van der Waals surface area contributed by atoms with Crippen molar-refractivity contribution in [2.24, 2.45) is 0 Å². The molecular formula is C16H18O4. The normalized spacial score (nSPS) is 15.7. The van der Waals surface area contributed by atoms with Crippen LogP contribution in [-0.2, 0) is 14.4 Å². The number of rotatable bonds is 5. The molecule has 1 rings (SSSR count). The third-order valence-corrected chi connectivity index (χ3v) is 2.82. The van der Waals surface area contributed by atoms with Crippen molar-refractivity contribution in [3.05, 3.63) is 46.8 Å². The van der Waals surface area contributed by atoms with Gasteiger partial charge in [-0.25, -0.2) is 0 Å². The van der Waals surface area contributed by atoms with Crippen LogP contribution in [0.4, 0.5) is 0 Å². The van der Waals surface area contributed by atoms with Crippen LogP contribution in [0, 0.1) is 0 Å². The SMILES string of the molecule is CC(C)=CCC/C(C)=C/C(=O)C1=C(O)C(=O)C=CC1=O. The van der Waals surface area contributed by atoms with E-state index >= 15 is 0 Å². The molecule has 1 N–H and O–H groups in total. The molecule has 0 heterocycles. The van der Waals surface area contributed by atoms with Gasteiger partial charge in [-0.15, -0.1) is 0 Å². The second-order valence-corrected chi connectivity index (χ2v) is 4.96. The monoisotopic (exact) mass is 274 g/mol. The Morgan fingerprint density at radius 1 is 1.15 bits per heavy atom. The van der Waals surface area contributed by atoms with Gasteiger partial charge in [-0.1, -0.05) is 17.2 Å². The van der Waals surface area contributed by atoms with Gasteiger partial charge < -0.3 is 5.11 Å². The van der Waals surface area contributed by atoms with E-state index in [4.69, 9.17) is 0 Å². The van der Waals surface area contributed by atoms with Crippen molar-refractivity contribution in [3.8, 4) is 0 Å². The Morgan fingerprint density at radius 3 is 2.35 bits per heavy atom. The van der Waals surface area contributed by atoms with Gasteiger partial charge in [-0.3, -0.25) is 14.4 Å². The fraction of sp³-hybridized carbons (Fsp3) is 0.312. The zero-order chi connectivity index (χ0) is 15.3. The largest absolute Gasteiger partial charge is 0.504 e. The molecule has 1 aliphatic carbocycles. The third-order valence-electron chi connectivity index (χ3n) is 2.82. The number of hydrogen-bond acceptors (Lipinski definition) is 4. The van der Waals surface area contributed by atoms with Crippen molar-refractivity contribution >= 4 is 17.3 Å². The van der Waals surface area contributed by atoms with Crippen molar-refractivity contribution in [3.63, 3.8) is 0 Å². The summed E-state index contributed by atoms with van der Waals surface area (Å²) in [7, 11) is 0. The lowest BCUT2D eigenvalue weighted by Gasteiger charge is -2.07. The van der Waals surface area contributed by atoms with Crippen LogP contribution in [0.2, 0.25) is 0 Å². The molecule has 0 bridgehead atoms. The Labute approximate surface area is 118 Å². The summed E-state index contributed by atoms with van der Waals surface area (Å²) in [5, 5.41) is 9.54. The van der Waals surface area contributed by atoms with Crippen molar-refractivity contribution < 1.29 is 19.5 Å². The molecule has 20 heavy (non-hydrogen) atoms. The van der Waals surface area contributed by atoms with Crippen LogP contribution in [0.5, 0.6) is 0 Å². The average molecular weight is 274 g/mol. The topological polar surface area (TPSA) is 71.4 Å². The lowest BCUT2D eigenvalue weighted by Crippen LogP contribution is -2.20. The van der Waals surface area contributed by atoms with Crippen LogP contribution in [-0.4, -0.2) is 22.5 Å².